The van der Waals surface area contributed by atoms with E-state index in [9.17, 15) is 4.79 Å². The summed E-state index contributed by atoms with van der Waals surface area (Å²) >= 11 is 1.26. The van der Waals surface area contributed by atoms with Crippen LogP contribution >= 0.6 is 11.3 Å². The van der Waals surface area contributed by atoms with Crippen LogP contribution < -0.4 is 14.8 Å². The second-order valence-corrected chi connectivity index (χ2v) is 5.35. The summed E-state index contributed by atoms with van der Waals surface area (Å²) in [5.74, 6) is 1.09. The lowest BCUT2D eigenvalue weighted by molar-refractivity contribution is 0.101. The highest BCUT2D eigenvalue weighted by Crippen LogP contribution is 2.35. The number of benzene rings is 1. The standard InChI is InChI=1S/C14H14N4O3S/c1-18-9(13(19)16-14-17-15-7-22-14)6-8-10(20-2)4-5-11(21-3)12(8)18/h4-7H,1-3H3,(H,16,17,19). The average molecular weight is 318 g/mol. The molecule has 22 heavy (non-hydrogen) atoms. The topological polar surface area (TPSA) is 78.3 Å². The van der Waals surface area contributed by atoms with Crippen LogP contribution in [0.3, 0.4) is 0 Å². The summed E-state index contributed by atoms with van der Waals surface area (Å²) < 4.78 is 12.5. The molecule has 0 radical (unpaired) electrons. The molecule has 1 aromatic carbocycles. The maximum atomic E-state index is 12.4. The molecule has 3 rings (SSSR count). The number of carbonyl (C=O) groups is 1. The van der Waals surface area contributed by atoms with Gasteiger partial charge < -0.3 is 14.0 Å². The van der Waals surface area contributed by atoms with Crippen molar-refractivity contribution in [2.45, 2.75) is 0 Å². The smallest absolute Gasteiger partial charge is 0.274 e. The lowest BCUT2D eigenvalue weighted by Gasteiger charge is -2.08. The zero-order valence-electron chi connectivity index (χ0n) is 12.3. The third-order valence-corrected chi connectivity index (χ3v) is 3.98. The van der Waals surface area contributed by atoms with Crippen molar-refractivity contribution in [3.8, 4) is 11.5 Å². The van der Waals surface area contributed by atoms with Gasteiger partial charge in [-0.25, -0.2) is 0 Å². The molecule has 7 nitrogen and oxygen atoms in total. The number of rotatable bonds is 4. The molecule has 0 fully saturated rings. The van der Waals surface area contributed by atoms with E-state index in [-0.39, 0.29) is 5.91 Å². The van der Waals surface area contributed by atoms with Gasteiger partial charge in [-0.2, -0.15) is 0 Å². The van der Waals surface area contributed by atoms with E-state index in [0.29, 0.717) is 22.3 Å². The summed E-state index contributed by atoms with van der Waals surface area (Å²) in [5, 5.41) is 11.5. The van der Waals surface area contributed by atoms with Gasteiger partial charge in [0.05, 0.1) is 19.7 Å². The van der Waals surface area contributed by atoms with Crippen LogP contribution in [0.1, 0.15) is 10.5 Å². The van der Waals surface area contributed by atoms with Crippen molar-refractivity contribution in [3.63, 3.8) is 0 Å². The van der Waals surface area contributed by atoms with Gasteiger partial charge in [-0.15, -0.1) is 10.2 Å². The number of carbonyl (C=O) groups excluding carboxylic acids is 1. The lowest BCUT2D eigenvalue weighted by atomic mass is 10.2. The van der Waals surface area contributed by atoms with Crippen LogP contribution in [-0.2, 0) is 7.05 Å². The number of hydrogen-bond donors (Lipinski definition) is 1. The van der Waals surface area contributed by atoms with Crippen LogP contribution in [0.2, 0.25) is 0 Å². The first-order valence-electron chi connectivity index (χ1n) is 6.43. The Bertz CT molecular complexity index is 826. The van der Waals surface area contributed by atoms with E-state index in [1.165, 1.54) is 11.3 Å². The second-order valence-electron chi connectivity index (χ2n) is 4.52. The van der Waals surface area contributed by atoms with E-state index in [1.807, 2.05) is 12.1 Å². The molecule has 0 atom stereocenters. The summed E-state index contributed by atoms with van der Waals surface area (Å²) in [6.07, 6.45) is 0. The van der Waals surface area contributed by atoms with Gasteiger partial charge in [-0.3, -0.25) is 10.1 Å². The Kier molecular flexibility index (Phi) is 3.68. The van der Waals surface area contributed by atoms with Gasteiger partial charge in [0.25, 0.3) is 5.91 Å². The van der Waals surface area contributed by atoms with Gasteiger partial charge in [-0.05, 0) is 18.2 Å². The normalized spacial score (nSPS) is 10.7. The van der Waals surface area contributed by atoms with E-state index in [4.69, 9.17) is 9.47 Å². The van der Waals surface area contributed by atoms with E-state index in [1.54, 1.807) is 37.4 Å². The van der Waals surface area contributed by atoms with Gasteiger partial charge in [0, 0.05) is 12.4 Å². The predicted molar refractivity (Wildman–Crippen MR) is 83.9 cm³/mol. The Balaban J connectivity index is 2.10. The van der Waals surface area contributed by atoms with Crippen molar-refractivity contribution >= 4 is 33.3 Å². The van der Waals surface area contributed by atoms with Gasteiger partial charge in [0.2, 0.25) is 5.13 Å². The van der Waals surface area contributed by atoms with Crippen molar-refractivity contribution in [1.29, 1.82) is 0 Å². The molecule has 0 aliphatic carbocycles. The fraction of sp³-hybridized carbons (Fsp3) is 0.214. The number of hydrogen-bond acceptors (Lipinski definition) is 6. The maximum absolute atomic E-state index is 12.4. The van der Waals surface area contributed by atoms with E-state index in [2.05, 4.69) is 15.5 Å². The molecule has 0 unspecified atom stereocenters. The summed E-state index contributed by atoms with van der Waals surface area (Å²) in [5.41, 5.74) is 2.83. The average Bonchev–Trinajstić information content (AvgIpc) is 3.14. The molecule has 3 aromatic rings. The van der Waals surface area contributed by atoms with Gasteiger partial charge in [0.15, 0.2) is 0 Å². The molecule has 2 aromatic heterocycles. The monoisotopic (exact) mass is 318 g/mol. The van der Waals surface area contributed by atoms with Crippen LogP contribution in [0, 0.1) is 0 Å². The molecule has 0 spiro atoms. The zero-order chi connectivity index (χ0) is 15.7. The minimum atomic E-state index is -0.264. The van der Waals surface area contributed by atoms with Crippen molar-refractivity contribution in [3.05, 3.63) is 29.4 Å². The Morgan fingerprint density at radius 2 is 2.00 bits per heavy atom. The number of aromatic nitrogens is 3. The summed E-state index contributed by atoms with van der Waals surface area (Å²) in [6.45, 7) is 0. The first-order valence-corrected chi connectivity index (χ1v) is 7.31. The number of amides is 1. The molecule has 0 aliphatic rings. The molecule has 0 saturated carbocycles. The largest absolute Gasteiger partial charge is 0.496 e. The lowest BCUT2D eigenvalue weighted by Crippen LogP contribution is -2.15. The number of anilines is 1. The van der Waals surface area contributed by atoms with Crippen LogP contribution in [0.5, 0.6) is 11.5 Å². The molecule has 0 aliphatic heterocycles. The molecule has 2 heterocycles. The van der Waals surface area contributed by atoms with Crippen molar-refractivity contribution in [1.82, 2.24) is 14.8 Å². The Labute approximate surface area is 130 Å². The fourth-order valence-electron chi connectivity index (χ4n) is 2.36. The van der Waals surface area contributed by atoms with Crippen molar-refractivity contribution in [2.75, 3.05) is 19.5 Å². The molecule has 8 heteroatoms. The Hall–Kier alpha value is -2.61. The number of nitrogens with zero attached hydrogens (tertiary/aromatic N) is 3. The molecule has 114 valence electrons. The SMILES string of the molecule is COc1ccc(OC)c2c1cc(C(=O)Nc1nncs1)n2C. The Morgan fingerprint density at radius 1 is 1.27 bits per heavy atom. The molecule has 0 bridgehead atoms. The number of methoxy groups -OCH3 is 2. The highest BCUT2D eigenvalue weighted by molar-refractivity contribution is 7.13. The molecule has 1 amide bonds. The van der Waals surface area contributed by atoms with Crippen molar-refractivity contribution in [2.24, 2.45) is 7.05 Å². The minimum Gasteiger partial charge on any atom is -0.496 e. The van der Waals surface area contributed by atoms with E-state index >= 15 is 0 Å². The number of ether oxygens (including phenoxy) is 2. The van der Waals surface area contributed by atoms with E-state index in [0.717, 1.165) is 10.9 Å². The van der Waals surface area contributed by atoms with Crippen LogP contribution in [0.25, 0.3) is 10.9 Å². The highest BCUT2D eigenvalue weighted by atomic mass is 32.1. The van der Waals surface area contributed by atoms with Crippen LogP contribution in [0.4, 0.5) is 5.13 Å². The first-order chi connectivity index (χ1) is 10.7. The van der Waals surface area contributed by atoms with Crippen LogP contribution in [-0.4, -0.2) is 34.9 Å². The number of fused-ring (bicyclic) bond motifs is 1. The maximum Gasteiger partial charge on any atom is 0.274 e. The predicted octanol–water partition coefficient (Wildman–Crippen LogP) is 2.30. The van der Waals surface area contributed by atoms with Gasteiger partial charge in [-0.1, -0.05) is 11.3 Å². The van der Waals surface area contributed by atoms with Gasteiger partial charge in [0.1, 0.15) is 22.7 Å². The Morgan fingerprint density at radius 3 is 2.64 bits per heavy atom. The van der Waals surface area contributed by atoms with E-state index < -0.39 is 0 Å². The molecular formula is C14H14N4O3S. The third kappa shape index (κ3) is 2.27. The van der Waals surface area contributed by atoms with Crippen LogP contribution in [0.15, 0.2) is 23.7 Å². The minimum absolute atomic E-state index is 0.264. The molecule has 0 saturated heterocycles. The quantitative estimate of drug-likeness (QED) is 0.798. The third-order valence-electron chi connectivity index (χ3n) is 3.37. The second kappa shape index (κ2) is 5.64. The number of aryl methyl sites for hydroxylation is 1. The van der Waals surface area contributed by atoms with Crippen molar-refractivity contribution < 1.29 is 14.3 Å². The molecular weight excluding hydrogens is 304 g/mol. The summed E-state index contributed by atoms with van der Waals surface area (Å²) in [4.78, 5) is 12.4. The fourth-order valence-corrected chi connectivity index (χ4v) is 2.80. The number of nitrogens with one attached hydrogen (secondary N) is 1. The molecule has 1 N–H and O–H groups in total. The zero-order valence-corrected chi connectivity index (χ0v) is 13.1. The van der Waals surface area contributed by atoms with Gasteiger partial charge >= 0.3 is 0 Å². The summed E-state index contributed by atoms with van der Waals surface area (Å²) in [6, 6.07) is 5.40. The highest BCUT2D eigenvalue weighted by Gasteiger charge is 2.19. The first kappa shape index (κ1) is 14.3. The summed E-state index contributed by atoms with van der Waals surface area (Å²) in [7, 11) is 4.99.